The number of nitrogens with zero attached hydrogens (tertiary/aromatic N) is 2. The summed E-state index contributed by atoms with van der Waals surface area (Å²) in [6, 6.07) is 25.1. The number of rotatable bonds is 4. The van der Waals surface area contributed by atoms with E-state index in [2.05, 4.69) is 6.07 Å². The number of aromatic nitrogens is 1. The van der Waals surface area contributed by atoms with E-state index in [0.29, 0.717) is 23.0 Å². The van der Waals surface area contributed by atoms with Crippen LogP contribution >= 0.6 is 11.6 Å². The fourth-order valence-corrected chi connectivity index (χ4v) is 3.71. The SMILES string of the molecule is N#Cc1ccc2c(Cl)c(C(=O)O)n(Cc3ccc(-c4ccccc4)cc3)c2c1. The number of nitriles is 1. The lowest BCUT2D eigenvalue weighted by Crippen LogP contribution is -2.10. The Bertz CT molecular complexity index is 1220. The van der Waals surface area contributed by atoms with Gasteiger partial charge in [-0.2, -0.15) is 5.26 Å². The van der Waals surface area contributed by atoms with Gasteiger partial charge in [0.25, 0.3) is 0 Å². The molecule has 5 heteroatoms. The second-order valence-electron chi connectivity index (χ2n) is 6.46. The smallest absolute Gasteiger partial charge is 0.354 e. The maximum Gasteiger partial charge on any atom is 0.354 e. The summed E-state index contributed by atoms with van der Waals surface area (Å²) < 4.78 is 1.65. The van der Waals surface area contributed by atoms with Crippen molar-refractivity contribution in [2.24, 2.45) is 0 Å². The van der Waals surface area contributed by atoms with Crippen LogP contribution in [0.25, 0.3) is 22.0 Å². The molecule has 4 aromatic rings. The molecule has 28 heavy (non-hydrogen) atoms. The van der Waals surface area contributed by atoms with Crippen LogP contribution in [-0.2, 0) is 6.54 Å². The normalized spacial score (nSPS) is 10.7. The molecule has 1 N–H and O–H groups in total. The van der Waals surface area contributed by atoms with Crippen molar-refractivity contribution in [2.75, 3.05) is 0 Å². The van der Waals surface area contributed by atoms with Crippen LogP contribution in [-0.4, -0.2) is 15.6 Å². The maximum absolute atomic E-state index is 11.8. The minimum atomic E-state index is -1.10. The summed E-state index contributed by atoms with van der Waals surface area (Å²) in [7, 11) is 0. The minimum absolute atomic E-state index is 0.0268. The van der Waals surface area contributed by atoms with Gasteiger partial charge in [-0.15, -0.1) is 0 Å². The molecule has 0 aliphatic carbocycles. The first kappa shape index (κ1) is 17.8. The van der Waals surface area contributed by atoms with Crippen molar-refractivity contribution in [1.29, 1.82) is 5.26 Å². The third-order valence-corrected chi connectivity index (χ3v) is 5.12. The van der Waals surface area contributed by atoms with Gasteiger partial charge in [0.1, 0.15) is 5.69 Å². The maximum atomic E-state index is 11.8. The average molecular weight is 387 g/mol. The summed E-state index contributed by atoms with van der Waals surface area (Å²) in [5.41, 5.74) is 4.27. The number of hydrogen-bond acceptors (Lipinski definition) is 2. The molecule has 0 amide bonds. The predicted molar refractivity (Wildman–Crippen MR) is 110 cm³/mol. The van der Waals surface area contributed by atoms with Crippen molar-refractivity contribution in [3.63, 3.8) is 0 Å². The van der Waals surface area contributed by atoms with E-state index in [0.717, 1.165) is 16.7 Å². The molecule has 4 rings (SSSR count). The second-order valence-corrected chi connectivity index (χ2v) is 6.84. The zero-order valence-electron chi connectivity index (χ0n) is 14.8. The molecule has 0 radical (unpaired) electrons. The molecule has 0 aliphatic rings. The Hall–Kier alpha value is -3.55. The van der Waals surface area contributed by atoms with Crippen LogP contribution in [0.2, 0.25) is 5.02 Å². The molecule has 0 bridgehead atoms. The molecule has 0 unspecified atom stereocenters. The summed E-state index contributed by atoms with van der Waals surface area (Å²) in [6.45, 7) is 0.342. The molecule has 0 fully saturated rings. The first-order valence-corrected chi connectivity index (χ1v) is 9.06. The topological polar surface area (TPSA) is 66.0 Å². The van der Waals surface area contributed by atoms with E-state index in [-0.39, 0.29) is 10.7 Å². The van der Waals surface area contributed by atoms with Gasteiger partial charge in [-0.25, -0.2) is 4.79 Å². The lowest BCUT2D eigenvalue weighted by Gasteiger charge is -2.10. The number of hydrogen-bond donors (Lipinski definition) is 1. The molecule has 0 spiro atoms. The fourth-order valence-electron chi connectivity index (χ4n) is 3.37. The first-order chi connectivity index (χ1) is 13.6. The number of halogens is 1. The van der Waals surface area contributed by atoms with Crippen molar-refractivity contribution >= 4 is 28.5 Å². The third kappa shape index (κ3) is 3.13. The molecule has 1 aromatic heterocycles. The highest BCUT2D eigenvalue weighted by molar-refractivity contribution is 6.38. The monoisotopic (exact) mass is 386 g/mol. The van der Waals surface area contributed by atoms with Gasteiger partial charge >= 0.3 is 5.97 Å². The van der Waals surface area contributed by atoms with Crippen molar-refractivity contribution in [2.45, 2.75) is 6.54 Å². The second kappa shape index (κ2) is 7.22. The highest BCUT2D eigenvalue weighted by atomic mass is 35.5. The van der Waals surface area contributed by atoms with E-state index in [1.54, 1.807) is 22.8 Å². The van der Waals surface area contributed by atoms with Gasteiger partial charge < -0.3 is 9.67 Å². The van der Waals surface area contributed by atoms with Crippen LogP contribution in [0.5, 0.6) is 0 Å². The van der Waals surface area contributed by atoms with E-state index in [9.17, 15) is 15.2 Å². The summed E-state index contributed by atoms with van der Waals surface area (Å²) in [5.74, 6) is -1.10. The van der Waals surface area contributed by atoms with Crippen LogP contribution in [0.3, 0.4) is 0 Å². The number of benzene rings is 3. The highest BCUT2D eigenvalue weighted by Crippen LogP contribution is 2.32. The summed E-state index contributed by atoms with van der Waals surface area (Å²) >= 11 is 6.34. The lowest BCUT2D eigenvalue weighted by atomic mass is 10.0. The predicted octanol–water partition coefficient (Wildman–Crippen LogP) is 5.58. The molecule has 136 valence electrons. The Balaban J connectivity index is 1.78. The van der Waals surface area contributed by atoms with Gasteiger partial charge in [-0.1, -0.05) is 66.2 Å². The Morgan fingerprint density at radius 1 is 1.00 bits per heavy atom. The van der Waals surface area contributed by atoms with Crippen molar-refractivity contribution in [1.82, 2.24) is 4.57 Å². The number of carboxylic acids is 1. The third-order valence-electron chi connectivity index (χ3n) is 4.74. The van der Waals surface area contributed by atoms with Crippen molar-refractivity contribution in [3.8, 4) is 17.2 Å². The van der Waals surface area contributed by atoms with Gasteiger partial charge in [0.2, 0.25) is 0 Å². The van der Waals surface area contributed by atoms with Gasteiger partial charge in [-0.3, -0.25) is 0 Å². The Labute approximate surface area is 166 Å². The van der Waals surface area contributed by atoms with E-state index < -0.39 is 5.97 Å². The van der Waals surface area contributed by atoms with E-state index in [1.807, 2.05) is 54.6 Å². The quantitative estimate of drug-likeness (QED) is 0.498. The van der Waals surface area contributed by atoms with Gasteiger partial charge in [0.15, 0.2) is 0 Å². The standard InChI is InChI=1S/C23H15ClN2O2/c24-21-19-11-8-16(13-25)12-20(19)26(22(21)23(27)28)14-15-6-9-18(10-7-15)17-4-2-1-3-5-17/h1-12H,14H2,(H,27,28). The minimum Gasteiger partial charge on any atom is -0.477 e. The van der Waals surface area contributed by atoms with Crippen LogP contribution in [0.4, 0.5) is 0 Å². The van der Waals surface area contributed by atoms with Gasteiger partial charge in [0, 0.05) is 11.9 Å². The molecular formula is C23H15ClN2O2. The Morgan fingerprint density at radius 2 is 1.68 bits per heavy atom. The van der Waals surface area contributed by atoms with Gasteiger partial charge in [-0.05, 0) is 34.9 Å². The van der Waals surface area contributed by atoms with E-state index in [4.69, 9.17) is 11.6 Å². The number of carboxylic acid groups (broad SMARTS) is 1. The summed E-state index contributed by atoms with van der Waals surface area (Å²) in [5, 5.41) is 19.7. The number of fused-ring (bicyclic) bond motifs is 1. The number of aromatic carboxylic acids is 1. The van der Waals surface area contributed by atoms with Crippen LogP contribution in [0, 0.1) is 11.3 Å². The highest BCUT2D eigenvalue weighted by Gasteiger charge is 2.21. The van der Waals surface area contributed by atoms with Crippen molar-refractivity contribution < 1.29 is 9.90 Å². The van der Waals surface area contributed by atoms with Crippen LogP contribution < -0.4 is 0 Å². The molecule has 4 nitrogen and oxygen atoms in total. The Morgan fingerprint density at radius 3 is 2.32 bits per heavy atom. The first-order valence-electron chi connectivity index (χ1n) is 8.68. The molecule has 0 saturated heterocycles. The zero-order valence-corrected chi connectivity index (χ0v) is 15.5. The molecular weight excluding hydrogens is 372 g/mol. The largest absolute Gasteiger partial charge is 0.477 e. The van der Waals surface area contributed by atoms with E-state index >= 15 is 0 Å². The molecule has 3 aromatic carbocycles. The summed E-state index contributed by atoms with van der Waals surface area (Å²) in [6.07, 6.45) is 0. The number of carbonyl (C=O) groups is 1. The van der Waals surface area contributed by atoms with Crippen LogP contribution in [0.1, 0.15) is 21.6 Å². The van der Waals surface area contributed by atoms with Crippen LogP contribution in [0.15, 0.2) is 72.8 Å². The van der Waals surface area contributed by atoms with E-state index in [1.165, 1.54) is 0 Å². The molecule has 0 atom stereocenters. The van der Waals surface area contributed by atoms with Gasteiger partial charge in [0.05, 0.1) is 22.2 Å². The van der Waals surface area contributed by atoms with Crippen molar-refractivity contribution in [3.05, 3.63) is 94.6 Å². The lowest BCUT2D eigenvalue weighted by molar-refractivity contribution is 0.0686. The summed E-state index contributed by atoms with van der Waals surface area (Å²) in [4.78, 5) is 11.8. The molecule has 1 heterocycles. The molecule has 0 saturated carbocycles. The average Bonchev–Trinajstić information content (AvgIpc) is 3.00. The zero-order chi connectivity index (χ0) is 19.7. The fraction of sp³-hybridized carbons (Fsp3) is 0.0435. The Kier molecular flexibility index (Phi) is 4.60. The molecule has 0 aliphatic heterocycles.